The molecule has 0 saturated carbocycles. The Morgan fingerprint density at radius 2 is 2.32 bits per heavy atom. The van der Waals surface area contributed by atoms with Crippen molar-refractivity contribution in [1.82, 2.24) is 4.90 Å². The third-order valence-corrected chi connectivity index (χ3v) is 3.41. The second kappa shape index (κ2) is 5.85. The highest BCUT2D eigenvalue weighted by molar-refractivity contribution is 5.79. The van der Waals surface area contributed by atoms with Gasteiger partial charge in [-0.25, -0.2) is 0 Å². The number of carbonyl (C=O) groups excluding carboxylic acids is 1. The van der Waals surface area contributed by atoms with Crippen LogP contribution in [0, 0.1) is 25.2 Å². The fraction of sp³-hybridized carbons (Fsp3) is 0.467. The zero-order valence-corrected chi connectivity index (χ0v) is 11.3. The Labute approximate surface area is 113 Å². The fourth-order valence-electron chi connectivity index (χ4n) is 2.22. The minimum absolute atomic E-state index is 0.0669. The number of aryl methyl sites for hydroxylation is 2. The molecular formula is C15H18N2O2. The summed E-state index contributed by atoms with van der Waals surface area (Å²) in [7, 11) is 0. The summed E-state index contributed by atoms with van der Waals surface area (Å²) in [5.41, 5.74) is 3.35. The minimum atomic E-state index is -0.490. The SMILES string of the molecule is Cc1ccc(C)c(CC(=O)N2CCO[C@H](C#N)C2)c1. The molecule has 1 aliphatic heterocycles. The number of carbonyl (C=O) groups is 1. The summed E-state index contributed by atoms with van der Waals surface area (Å²) >= 11 is 0. The monoisotopic (exact) mass is 258 g/mol. The average molecular weight is 258 g/mol. The van der Waals surface area contributed by atoms with Crippen molar-refractivity contribution in [2.24, 2.45) is 0 Å². The molecule has 0 unspecified atom stereocenters. The highest BCUT2D eigenvalue weighted by Gasteiger charge is 2.24. The topological polar surface area (TPSA) is 53.3 Å². The largest absolute Gasteiger partial charge is 0.360 e. The maximum absolute atomic E-state index is 12.3. The second-order valence-electron chi connectivity index (χ2n) is 4.94. The summed E-state index contributed by atoms with van der Waals surface area (Å²) < 4.78 is 5.25. The molecule has 4 heteroatoms. The van der Waals surface area contributed by atoms with Gasteiger partial charge in [0.25, 0.3) is 0 Å². The smallest absolute Gasteiger partial charge is 0.227 e. The van der Waals surface area contributed by atoms with Gasteiger partial charge in [0.1, 0.15) is 0 Å². The maximum atomic E-state index is 12.3. The molecule has 0 N–H and O–H groups in total. The van der Waals surface area contributed by atoms with Crippen LogP contribution in [-0.4, -0.2) is 36.6 Å². The van der Waals surface area contributed by atoms with Gasteiger partial charge in [-0.15, -0.1) is 0 Å². The van der Waals surface area contributed by atoms with E-state index in [2.05, 4.69) is 12.1 Å². The van der Waals surface area contributed by atoms with Crippen molar-refractivity contribution in [3.63, 3.8) is 0 Å². The first kappa shape index (κ1) is 13.6. The quantitative estimate of drug-likeness (QED) is 0.809. The summed E-state index contributed by atoms with van der Waals surface area (Å²) in [6, 6.07) is 8.19. The summed E-state index contributed by atoms with van der Waals surface area (Å²) in [6.07, 6.45) is -0.0950. The van der Waals surface area contributed by atoms with E-state index in [0.717, 1.165) is 16.7 Å². The van der Waals surface area contributed by atoms with E-state index in [1.54, 1.807) is 4.90 Å². The van der Waals surface area contributed by atoms with Gasteiger partial charge in [0.2, 0.25) is 5.91 Å². The molecule has 0 radical (unpaired) electrons. The number of benzene rings is 1. The minimum Gasteiger partial charge on any atom is -0.360 e. The number of hydrogen-bond donors (Lipinski definition) is 0. The van der Waals surface area contributed by atoms with Gasteiger partial charge in [-0.2, -0.15) is 5.26 Å². The highest BCUT2D eigenvalue weighted by Crippen LogP contribution is 2.14. The van der Waals surface area contributed by atoms with E-state index in [9.17, 15) is 4.79 Å². The third-order valence-electron chi connectivity index (χ3n) is 3.41. The van der Waals surface area contributed by atoms with E-state index in [-0.39, 0.29) is 5.91 Å². The molecule has 1 aliphatic rings. The molecular weight excluding hydrogens is 240 g/mol. The Bertz CT molecular complexity index is 519. The first-order chi connectivity index (χ1) is 9.10. The molecule has 0 spiro atoms. The Morgan fingerprint density at radius 1 is 1.53 bits per heavy atom. The van der Waals surface area contributed by atoms with Crippen LogP contribution in [0.25, 0.3) is 0 Å². The average Bonchev–Trinajstić information content (AvgIpc) is 2.43. The summed E-state index contributed by atoms with van der Waals surface area (Å²) in [5.74, 6) is 0.0669. The van der Waals surface area contributed by atoms with Crippen molar-refractivity contribution in [1.29, 1.82) is 5.26 Å². The Kier molecular flexibility index (Phi) is 4.18. The summed E-state index contributed by atoms with van der Waals surface area (Å²) in [4.78, 5) is 14.0. The number of amides is 1. The molecule has 1 saturated heterocycles. The van der Waals surface area contributed by atoms with Crippen molar-refractivity contribution in [2.75, 3.05) is 19.7 Å². The van der Waals surface area contributed by atoms with Crippen molar-refractivity contribution in [2.45, 2.75) is 26.4 Å². The molecule has 1 aromatic carbocycles. The second-order valence-corrected chi connectivity index (χ2v) is 4.94. The van der Waals surface area contributed by atoms with Crippen LogP contribution in [0.4, 0.5) is 0 Å². The molecule has 2 rings (SSSR count). The fourth-order valence-corrected chi connectivity index (χ4v) is 2.22. The van der Waals surface area contributed by atoms with E-state index in [0.29, 0.717) is 26.1 Å². The lowest BCUT2D eigenvalue weighted by molar-refractivity contribution is -0.136. The lowest BCUT2D eigenvalue weighted by Gasteiger charge is -2.30. The first-order valence-electron chi connectivity index (χ1n) is 6.45. The molecule has 0 aliphatic carbocycles. The number of morpholine rings is 1. The van der Waals surface area contributed by atoms with Gasteiger partial charge in [-0.05, 0) is 25.0 Å². The van der Waals surface area contributed by atoms with E-state index >= 15 is 0 Å². The number of ether oxygens (including phenoxy) is 1. The molecule has 100 valence electrons. The number of hydrogen-bond acceptors (Lipinski definition) is 3. The normalized spacial score (nSPS) is 19.0. The van der Waals surface area contributed by atoms with Crippen molar-refractivity contribution < 1.29 is 9.53 Å². The van der Waals surface area contributed by atoms with Crippen molar-refractivity contribution in [3.8, 4) is 6.07 Å². The van der Waals surface area contributed by atoms with E-state index in [1.807, 2.05) is 26.0 Å². The lowest BCUT2D eigenvalue weighted by Crippen LogP contribution is -2.45. The molecule has 1 heterocycles. The van der Waals surface area contributed by atoms with Gasteiger partial charge in [0.05, 0.1) is 25.6 Å². The Balaban J connectivity index is 2.04. The Morgan fingerprint density at radius 3 is 3.05 bits per heavy atom. The molecule has 19 heavy (non-hydrogen) atoms. The predicted octanol–water partition coefficient (Wildman–Crippen LogP) is 1.60. The molecule has 1 fully saturated rings. The summed E-state index contributed by atoms with van der Waals surface area (Å²) in [6.45, 7) is 5.42. The lowest BCUT2D eigenvalue weighted by atomic mass is 10.0. The molecule has 0 bridgehead atoms. The standard InChI is InChI=1S/C15H18N2O2/c1-11-3-4-12(2)13(7-11)8-15(18)17-5-6-19-14(9-16)10-17/h3-4,7,14H,5-6,8,10H2,1-2H3/t14-/m1/s1. The van der Waals surface area contributed by atoms with E-state index in [4.69, 9.17) is 10.00 Å². The van der Waals surface area contributed by atoms with Gasteiger partial charge in [-0.3, -0.25) is 4.79 Å². The van der Waals surface area contributed by atoms with Crippen LogP contribution in [0.1, 0.15) is 16.7 Å². The van der Waals surface area contributed by atoms with Gasteiger partial charge < -0.3 is 9.64 Å². The molecule has 0 aromatic heterocycles. The van der Waals surface area contributed by atoms with Crippen LogP contribution in [0.2, 0.25) is 0 Å². The number of nitrogens with zero attached hydrogens (tertiary/aromatic N) is 2. The van der Waals surface area contributed by atoms with Crippen molar-refractivity contribution in [3.05, 3.63) is 34.9 Å². The van der Waals surface area contributed by atoms with Crippen LogP contribution in [0.3, 0.4) is 0 Å². The third kappa shape index (κ3) is 3.33. The van der Waals surface area contributed by atoms with Crippen molar-refractivity contribution >= 4 is 5.91 Å². The van der Waals surface area contributed by atoms with Crippen LogP contribution in [-0.2, 0) is 16.0 Å². The van der Waals surface area contributed by atoms with Gasteiger partial charge in [0.15, 0.2) is 6.10 Å². The number of nitriles is 1. The van der Waals surface area contributed by atoms with Crippen LogP contribution in [0.15, 0.2) is 18.2 Å². The van der Waals surface area contributed by atoms with Gasteiger partial charge in [-0.1, -0.05) is 23.8 Å². The first-order valence-corrected chi connectivity index (χ1v) is 6.45. The van der Waals surface area contributed by atoms with E-state index < -0.39 is 6.10 Å². The van der Waals surface area contributed by atoms with Crippen LogP contribution in [0.5, 0.6) is 0 Å². The highest BCUT2D eigenvalue weighted by atomic mass is 16.5. The summed E-state index contributed by atoms with van der Waals surface area (Å²) in [5, 5.41) is 8.85. The molecule has 1 atom stereocenters. The predicted molar refractivity (Wildman–Crippen MR) is 71.6 cm³/mol. The number of rotatable bonds is 2. The Hall–Kier alpha value is -1.86. The molecule has 1 amide bonds. The van der Waals surface area contributed by atoms with E-state index in [1.165, 1.54) is 0 Å². The zero-order valence-electron chi connectivity index (χ0n) is 11.3. The van der Waals surface area contributed by atoms with Gasteiger partial charge in [0, 0.05) is 6.54 Å². The van der Waals surface area contributed by atoms with Crippen LogP contribution < -0.4 is 0 Å². The molecule has 1 aromatic rings. The maximum Gasteiger partial charge on any atom is 0.227 e. The zero-order chi connectivity index (χ0) is 13.8. The molecule has 4 nitrogen and oxygen atoms in total. The van der Waals surface area contributed by atoms with Crippen LogP contribution >= 0.6 is 0 Å². The van der Waals surface area contributed by atoms with Gasteiger partial charge >= 0.3 is 0 Å².